The van der Waals surface area contributed by atoms with Crippen LogP contribution in [0.15, 0.2) is 76.1 Å². The highest BCUT2D eigenvalue weighted by molar-refractivity contribution is 9.10. The van der Waals surface area contributed by atoms with Gasteiger partial charge >= 0.3 is 0 Å². The number of amides is 2. The second-order valence-electron chi connectivity index (χ2n) is 10.1. The van der Waals surface area contributed by atoms with E-state index >= 15 is 0 Å². The van der Waals surface area contributed by atoms with Crippen molar-refractivity contribution in [2.75, 3.05) is 24.5 Å². The Kier molecular flexibility index (Phi) is 11.2. The Hall–Kier alpha value is -3.08. The van der Waals surface area contributed by atoms with Gasteiger partial charge in [0.1, 0.15) is 18.3 Å². The van der Waals surface area contributed by atoms with Crippen molar-refractivity contribution in [2.24, 2.45) is 5.92 Å². The zero-order valence-electron chi connectivity index (χ0n) is 23.7. The number of nitrogens with zero attached hydrogens (tertiary/aromatic N) is 2. The van der Waals surface area contributed by atoms with E-state index in [0.717, 1.165) is 19.9 Å². The van der Waals surface area contributed by atoms with Crippen LogP contribution in [-0.2, 0) is 26.2 Å². The van der Waals surface area contributed by atoms with Crippen molar-refractivity contribution in [3.05, 3.63) is 87.4 Å². The molecule has 0 spiro atoms. The number of benzene rings is 3. The van der Waals surface area contributed by atoms with Crippen LogP contribution in [0.1, 0.15) is 31.9 Å². The molecule has 0 saturated carbocycles. The van der Waals surface area contributed by atoms with E-state index in [2.05, 4.69) is 21.2 Å². The number of rotatable bonds is 12. The maximum absolute atomic E-state index is 14.0. The maximum Gasteiger partial charge on any atom is 0.264 e. The molecule has 0 fully saturated rings. The Morgan fingerprint density at radius 1 is 1.00 bits per heavy atom. The quantitative estimate of drug-likeness (QED) is 0.264. The molecule has 3 aromatic rings. The minimum Gasteiger partial charge on any atom is -0.495 e. The van der Waals surface area contributed by atoms with Crippen molar-refractivity contribution in [3.63, 3.8) is 0 Å². The number of carbonyl (C=O) groups excluding carboxylic acids is 2. The van der Waals surface area contributed by atoms with Gasteiger partial charge in [0.05, 0.1) is 22.7 Å². The average molecular weight is 665 g/mol. The van der Waals surface area contributed by atoms with Gasteiger partial charge in [0.15, 0.2) is 0 Å². The predicted molar refractivity (Wildman–Crippen MR) is 166 cm³/mol. The summed E-state index contributed by atoms with van der Waals surface area (Å²) in [5, 5.41) is 3.06. The highest BCUT2D eigenvalue weighted by Crippen LogP contribution is 2.32. The number of methoxy groups -OCH3 is 1. The molecule has 2 amide bonds. The summed E-state index contributed by atoms with van der Waals surface area (Å²) < 4.78 is 35.0. The number of hydrogen-bond acceptors (Lipinski definition) is 5. The Labute approximate surface area is 255 Å². The maximum atomic E-state index is 14.0. The fraction of sp³-hybridized carbons (Fsp3) is 0.333. The summed E-state index contributed by atoms with van der Waals surface area (Å²) in [6.07, 6.45) is 0. The van der Waals surface area contributed by atoms with E-state index in [4.69, 9.17) is 16.3 Å². The van der Waals surface area contributed by atoms with Gasteiger partial charge < -0.3 is 15.0 Å². The first kappa shape index (κ1) is 32.4. The molecule has 0 heterocycles. The minimum atomic E-state index is -4.20. The molecule has 1 atom stereocenters. The molecule has 0 aliphatic heterocycles. The molecule has 0 aliphatic rings. The van der Waals surface area contributed by atoms with Gasteiger partial charge in [-0.05, 0) is 67.8 Å². The summed E-state index contributed by atoms with van der Waals surface area (Å²) in [7, 11) is -2.75. The van der Waals surface area contributed by atoms with Gasteiger partial charge in [-0.15, -0.1) is 0 Å². The lowest BCUT2D eigenvalue weighted by molar-refractivity contribution is -0.139. The standard InChI is InChI=1S/C30H35BrClN3O5S/c1-20(2)17-33-30(37)22(4)34(18-23-8-10-24(31)11-9-23)29(36)19-35(25-12-15-28(40-5)27(32)16-25)41(38,39)26-13-6-21(3)7-14-26/h6-16,20,22H,17-19H2,1-5H3,(H,33,37). The molecule has 8 nitrogen and oxygen atoms in total. The highest BCUT2D eigenvalue weighted by atomic mass is 79.9. The third-order valence-corrected chi connectivity index (χ3v) is 9.04. The van der Waals surface area contributed by atoms with Crippen LogP contribution in [-0.4, -0.2) is 51.4 Å². The van der Waals surface area contributed by atoms with Crippen molar-refractivity contribution >= 4 is 55.1 Å². The number of ether oxygens (including phenoxy) is 1. The monoisotopic (exact) mass is 663 g/mol. The largest absolute Gasteiger partial charge is 0.495 e. The molecule has 3 aromatic carbocycles. The van der Waals surface area contributed by atoms with Crippen LogP contribution < -0.4 is 14.4 Å². The first-order chi connectivity index (χ1) is 19.3. The summed E-state index contributed by atoms with van der Waals surface area (Å²) in [5.74, 6) is -0.300. The summed E-state index contributed by atoms with van der Waals surface area (Å²) in [5.41, 5.74) is 1.86. The molecule has 1 N–H and O–H groups in total. The molecular formula is C30H35BrClN3O5S. The van der Waals surface area contributed by atoms with Crippen molar-refractivity contribution in [2.45, 2.75) is 45.2 Å². The number of nitrogens with one attached hydrogen (secondary N) is 1. The summed E-state index contributed by atoms with van der Waals surface area (Å²) >= 11 is 9.78. The van der Waals surface area contributed by atoms with Gasteiger partial charge in [0, 0.05) is 17.6 Å². The fourth-order valence-corrected chi connectivity index (χ4v) is 5.92. The lowest BCUT2D eigenvalue weighted by Crippen LogP contribution is -2.51. The number of carbonyl (C=O) groups is 2. The molecule has 0 radical (unpaired) electrons. The average Bonchev–Trinajstić information content (AvgIpc) is 2.93. The van der Waals surface area contributed by atoms with Crippen molar-refractivity contribution < 1.29 is 22.7 Å². The summed E-state index contributed by atoms with van der Waals surface area (Å²) in [6, 6.07) is 17.4. The van der Waals surface area contributed by atoms with Crippen LogP contribution in [0.25, 0.3) is 0 Å². The number of sulfonamides is 1. The van der Waals surface area contributed by atoms with Crippen LogP contribution in [0.4, 0.5) is 5.69 Å². The fourth-order valence-electron chi connectivity index (χ4n) is 4.00. The molecule has 0 aromatic heterocycles. The summed E-state index contributed by atoms with van der Waals surface area (Å²) in [4.78, 5) is 28.5. The van der Waals surface area contributed by atoms with Gasteiger partial charge in [-0.3, -0.25) is 13.9 Å². The van der Waals surface area contributed by atoms with Gasteiger partial charge in [-0.25, -0.2) is 8.42 Å². The molecule has 11 heteroatoms. The molecule has 41 heavy (non-hydrogen) atoms. The highest BCUT2D eigenvalue weighted by Gasteiger charge is 2.33. The first-order valence-electron chi connectivity index (χ1n) is 13.1. The molecule has 3 rings (SSSR count). The van der Waals surface area contributed by atoms with E-state index in [1.165, 1.54) is 36.3 Å². The van der Waals surface area contributed by atoms with Crippen LogP contribution in [0.2, 0.25) is 5.02 Å². The van der Waals surface area contributed by atoms with Gasteiger partial charge in [0.2, 0.25) is 11.8 Å². The van der Waals surface area contributed by atoms with E-state index in [0.29, 0.717) is 12.3 Å². The molecule has 1 unspecified atom stereocenters. The predicted octanol–water partition coefficient (Wildman–Crippen LogP) is 5.80. The number of anilines is 1. The molecule has 0 bridgehead atoms. The topological polar surface area (TPSA) is 96.0 Å². The first-order valence-corrected chi connectivity index (χ1v) is 15.7. The molecule has 220 valence electrons. The van der Waals surface area contributed by atoms with E-state index < -0.39 is 28.5 Å². The van der Waals surface area contributed by atoms with Crippen LogP contribution in [0, 0.1) is 12.8 Å². The van der Waals surface area contributed by atoms with Gasteiger partial charge in [-0.1, -0.05) is 71.2 Å². The number of aryl methyl sites for hydroxylation is 1. The van der Waals surface area contributed by atoms with Crippen molar-refractivity contribution in [1.82, 2.24) is 10.2 Å². The van der Waals surface area contributed by atoms with Crippen LogP contribution in [0.3, 0.4) is 0 Å². The van der Waals surface area contributed by atoms with Crippen molar-refractivity contribution in [3.8, 4) is 5.75 Å². The van der Waals surface area contributed by atoms with Gasteiger partial charge in [0.25, 0.3) is 10.0 Å². The Bertz CT molecular complexity index is 1460. The Morgan fingerprint density at radius 2 is 1.63 bits per heavy atom. The van der Waals surface area contributed by atoms with E-state index in [1.807, 2.05) is 45.0 Å². The normalized spacial score (nSPS) is 12.1. The SMILES string of the molecule is COc1ccc(N(CC(=O)N(Cc2ccc(Br)cc2)C(C)C(=O)NCC(C)C)S(=O)(=O)c2ccc(C)cc2)cc1Cl. The molecular weight excluding hydrogens is 630 g/mol. The zero-order valence-corrected chi connectivity index (χ0v) is 26.9. The lowest BCUT2D eigenvalue weighted by atomic mass is 10.1. The molecule has 0 aliphatic carbocycles. The molecule has 0 saturated heterocycles. The van der Waals surface area contributed by atoms with Crippen LogP contribution >= 0.6 is 27.5 Å². The van der Waals surface area contributed by atoms with E-state index in [-0.39, 0.29) is 34.0 Å². The lowest BCUT2D eigenvalue weighted by Gasteiger charge is -2.32. The van der Waals surface area contributed by atoms with Gasteiger partial charge in [-0.2, -0.15) is 0 Å². The number of halogens is 2. The minimum absolute atomic E-state index is 0.0185. The third kappa shape index (κ3) is 8.47. The smallest absolute Gasteiger partial charge is 0.264 e. The second kappa shape index (κ2) is 14.2. The Morgan fingerprint density at radius 3 is 2.20 bits per heavy atom. The second-order valence-corrected chi connectivity index (χ2v) is 13.3. The van der Waals surface area contributed by atoms with Crippen molar-refractivity contribution in [1.29, 1.82) is 0 Å². The third-order valence-electron chi connectivity index (χ3n) is 6.43. The van der Waals surface area contributed by atoms with E-state index in [1.54, 1.807) is 25.1 Å². The van der Waals surface area contributed by atoms with E-state index in [9.17, 15) is 18.0 Å². The number of hydrogen-bond donors (Lipinski definition) is 1. The zero-order chi connectivity index (χ0) is 30.3. The van der Waals surface area contributed by atoms with Crippen LogP contribution in [0.5, 0.6) is 5.75 Å². The summed E-state index contributed by atoms with van der Waals surface area (Å²) in [6.45, 7) is 7.43. The Balaban J connectivity index is 2.04.